The van der Waals surface area contributed by atoms with Gasteiger partial charge in [0, 0.05) is 10.6 Å². The van der Waals surface area contributed by atoms with Crippen LogP contribution in [0.1, 0.15) is 11.1 Å². The molecule has 2 aromatic carbocycles. The Morgan fingerprint density at radius 2 is 1.95 bits per heavy atom. The first-order valence-corrected chi connectivity index (χ1v) is 6.76. The number of hydrogen-bond donors (Lipinski definition) is 1. The van der Waals surface area contributed by atoms with Crippen molar-refractivity contribution in [2.75, 3.05) is 7.11 Å². The van der Waals surface area contributed by atoms with Gasteiger partial charge in [-0.05, 0) is 29.8 Å². The number of rotatable bonds is 5. The first kappa shape index (κ1) is 15.1. The van der Waals surface area contributed by atoms with E-state index in [4.69, 9.17) is 16.3 Å². The van der Waals surface area contributed by atoms with Crippen molar-refractivity contribution in [3.8, 4) is 5.75 Å². The molecule has 0 fully saturated rings. The fourth-order valence-electron chi connectivity index (χ4n) is 1.77. The number of carbonyl (C=O) groups is 1. The Bertz CT molecular complexity index is 639. The van der Waals surface area contributed by atoms with Crippen LogP contribution in [0, 0.1) is 0 Å². The highest BCUT2D eigenvalue weighted by Crippen LogP contribution is 2.14. The number of halogens is 1. The Balaban J connectivity index is 1.91. The van der Waals surface area contributed by atoms with Gasteiger partial charge in [-0.15, -0.1) is 0 Å². The molecule has 0 atom stereocenters. The second-order valence-corrected chi connectivity index (χ2v) is 4.77. The minimum Gasteiger partial charge on any atom is -0.496 e. The van der Waals surface area contributed by atoms with Crippen molar-refractivity contribution in [2.24, 2.45) is 5.10 Å². The summed E-state index contributed by atoms with van der Waals surface area (Å²) < 4.78 is 5.19. The van der Waals surface area contributed by atoms with Crippen LogP contribution < -0.4 is 10.2 Å². The number of nitrogens with one attached hydrogen (secondary N) is 1. The highest BCUT2D eigenvalue weighted by Gasteiger charge is 2.02. The molecular formula is C16H15ClN2O2. The van der Waals surface area contributed by atoms with E-state index < -0.39 is 0 Å². The lowest BCUT2D eigenvalue weighted by Crippen LogP contribution is -2.19. The molecule has 1 amide bonds. The summed E-state index contributed by atoms with van der Waals surface area (Å²) in [5.41, 5.74) is 4.16. The van der Waals surface area contributed by atoms with Crippen LogP contribution in [0.15, 0.2) is 53.6 Å². The molecule has 0 spiro atoms. The minimum absolute atomic E-state index is 0.191. The summed E-state index contributed by atoms with van der Waals surface area (Å²) in [6, 6.07) is 14.6. The normalized spacial score (nSPS) is 10.6. The zero-order valence-electron chi connectivity index (χ0n) is 11.5. The summed E-state index contributed by atoms with van der Waals surface area (Å²) in [6.07, 6.45) is 1.80. The van der Waals surface area contributed by atoms with Gasteiger partial charge >= 0.3 is 0 Å². The molecule has 108 valence electrons. The summed E-state index contributed by atoms with van der Waals surface area (Å²) in [5, 5.41) is 4.58. The molecule has 2 aromatic rings. The van der Waals surface area contributed by atoms with Gasteiger partial charge in [0.1, 0.15) is 5.75 Å². The molecule has 0 aliphatic rings. The van der Waals surface area contributed by atoms with E-state index in [1.807, 2.05) is 36.4 Å². The summed E-state index contributed by atoms with van der Waals surface area (Å²) in [6.45, 7) is 0. The van der Waals surface area contributed by atoms with Crippen molar-refractivity contribution in [1.82, 2.24) is 5.43 Å². The van der Waals surface area contributed by atoms with E-state index in [2.05, 4.69) is 10.5 Å². The van der Waals surface area contributed by atoms with Crippen molar-refractivity contribution in [3.63, 3.8) is 0 Å². The average molecular weight is 303 g/mol. The van der Waals surface area contributed by atoms with Crippen LogP contribution in [0.2, 0.25) is 5.02 Å². The molecule has 4 nitrogen and oxygen atoms in total. The third kappa shape index (κ3) is 4.61. The molecule has 0 saturated heterocycles. The third-order valence-corrected chi connectivity index (χ3v) is 3.06. The van der Waals surface area contributed by atoms with E-state index in [9.17, 15) is 4.79 Å². The Kier molecular flexibility index (Phi) is 5.35. The monoisotopic (exact) mass is 302 g/mol. The van der Waals surface area contributed by atoms with Gasteiger partial charge in [0.25, 0.3) is 0 Å². The Morgan fingerprint density at radius 1 is 1.24 bits per heavy atom. The highest BCUT2D eigenvalue weighted by molar-refractivity contribution is 6.30. The quantitative estimate of drug-likeness (QED) is 0.682. The van der Waals surface area contributed by atoms with Crippen molar-refractivity contribution < 1.29 is 9.53 Å². The zero-order valence-corrected chi connectivity index (χ0v) is 12.3. The summed E-state index contributed by atoms with van der Waals surface area (Å²) in [5.74, 6) is 0.511. The number of benzene rings is 2. The molecule has 0 radical (unpaired) electrons. The molecule has 5 heteroatoms. The van der Waals surface area contributed by atoms with Crippen LogP contribution in [0.25, 0.3) is 0 Å². The smallest absolute Gasteiger partial charge is 0.244 e. The Morgan fingerprint density at radius 3 is 2.67 bits per heavy atom. The van der Waals surface area contributed by atoms with Crippen LogP contribution in [0.3, 0.4) is 0 Å². The number of ether oxygens (including phenoxy) is 1. The van der Waals surface area contributed by atoms with Crippen molar-refractivity contribution in [2.45, 2.75) is 6.42 Å². The summed E-state index contributed by atoms with van der Waals surface area (Å²) >= 11 is 5.79. The van der Waals surface area contributed by atoms with Gasteiger partial charge in [0.2, 0.25) is 5.91 Å². The van der Waals surface area contributed by atoms with Gasteiger partial charge in [-0.3, -0.25) is 4.79 Å². The van der Waals surface area contributed by atoms with Crippen molar-refractivity contribution >= 4 is 23.7 Å². The molecule has 1 N–H and O–H groups in total. The van der Waals surface area contributed by atoms with Crippen molar-refractivity contribution in [3.05, 3.63) is 64.7 Å². The third-order valence-electron chi connectivity index (χ3n) is 2.81. The molecule has 2 rings (SSSR count). The van der Waals surface area contributed by atoms with Crippen LogP contribution in [0.4, 0.5) is 0 Å². The maximum Gasteiger partial charge on any atom is 0.244 e. The molecule has 0 aromatic heterocycles. The van der Waals surface area contributed by atoms with Crippen LogP contribution in [0.5, 0.6) is 5.75 Å². The first-order valence-electron chi connectivity index (χ1n) is 6.38. The standard InChI is InChI=1S/C16H15ClN2O2/c1-21-15-5-3-2-4-13(15)11-18-19-16(20)10-12-6-8-14(17)9-7-12/h2-9,11H,10H2,1H3,(H,19,20). The van der Waals surface area contributed by atoms with E-state index in [-0.39, 0.29) is 12.3 Å². The van der Waals surface area contributed by atoms with E-state index in [1.54, 1.807) is 25.5 Å². The maximum absolute atomic E-state index is 11.8. The van der Waals surface area contributed by atoms with Crippen LogP contribution in [-0.2, 0) is 11.2 Å². The number of amides is 1. The van der Waals surface area contributed by atoms with Crippen LogP contribution >= 0.6 is 11.6 Å². The minimum atomic E-state index is -0.191. The molecule has 21 heavy (non-hydrogen) atoms. The van der Waals surface area contributed by atoms with Gasteiger partial charge in [-0.2, -0.15) is 5.10 Å². The molecule has 0 bridgehead atoms. The molecule has 0 aliphatic carbocycles. The second kappa shape index (κ2) is 7.45. The van der Waals surface area contributed by atoms with Gasteiger partial charge in [-0.25, -0.2) is 5.43 Å². The number of hydrazone groups is 1. The predicted molar refractivity (Wildman–Crippen MR) is 83.9 cm³/mol. The van der Waals surface area contributed by atoms with E-state index >= 15 is 0 Å². The van der Waals surface area contributed by atoms with Gasteiger partial charge in [0.15, 0.2) is 0 Å². The van der Waals surface area contributed by atoms with Crippen LogP contribution in [-0.4, -0.2) is 19.2 Å². The van der Waals surface area contributed by atoms with E-state index in [1.165, 1.54) is 0 Å². The fourth-order valence-corrected chi connectivity index (χ4v) is 1.90. The van der Waals surface area contributed by atoms with Gasteiger partial charge in [0.05, 0.1) is 19.7 Å². The maximum atomic E-state index is 11.8. The Hall–Kier alpha value is -2.33. The second-order valence-electron chi connectivity index (χ2n) is 4.34. The molecule has 0 aliphatic heterocycles. The van der Waals surface area contributed by atoms with Gasteiger partial charge in [-0.1, -0.05) is 35.9 Å². The SMILES string of the molecule is COc1ccccc1C=NNC(=O)Cc1ccc(Cl)cc1. The molecule has 0 unspecified atom stereocenters. The average Bonchev–Trinajstić information content (AvgIpc) is 2.50. The number of hydrogen-bond acceptors (Lipinski definition) is 3. The number of nitrogens with zero attached hydrogens (tertiary/aromatic N) is 1. The van der Waals surface area contributed by atoms with E-state index in [0.717, 1.165) is 11.1 Å². The molecular weight excluding hydrogens is 288 g/mol. The predicted octanol–water partition coefficient (Wildman–Crippen LogP) is 3.04. The summed E-state index contributed by atoms with van der Waals surface area (Å²) in [4.78, 5) is 11.8. The van der Waals surface area contributed by atoms with Gasteiger partial charge < -0.3 is 4.74 Å². The van der Waals surface area contributed by atoms with Crippen molar-refractivity contribution in [1.29, 1.82) is 0 Å². The lowest BCUT2D eigenvalue weighted by Gasteiger charge is -2.03. The summed E-state index contributed by atoms with van der Waals surface area (Å²) in [7, 11) is 1.59. The largest absolute Gasteiger partial charge is 0.496 e. The molecule has 0 saturated carbocycles. The fraction of sp³-hybridized carbons (Fsp3) is 0.125. The Labute approximate surface area is 128 Å². The zero-order chi connectivity index (χ0) is 15.1. The number of para-hydroxylation sites is 1. The number of carbonyl (C=O) groups excluding carboxylic acids is 1. The molecule has 0 heterocycles. The highest BCUT2D eigenvalue weighted by atomic mass is 35.5. The first-order chi connectivity index (χ1) is 10.2. The number of methoxy groups -OCH3 is 1. The lowest BCUT2D eigenvalue weighted by atomic mass is 10.1. The lowest BCUT2D eigenvalue weighted by molar-refractivity contribution is -0.120. The topological polar surface area (TPSA) is 50.7 Å². The van der Waals surface area contributed by atoms with E-state index in [0.29, 0.717) is 10.8 Å².